The Bertz CT molecular complexity index is 820. The highest BCUT2D eigenvalue weighted by atomic mass is 19.1. The Kier molecular flexibility index (Phi) is 3.49. The van der Waals surface area contributed by atoms with Gasteiger partial charge < -0.3 is 10.5 Å². The van der Waals surface area contributed by atoms with Crippen molar-refractivity contribution in [1.29, 1.82) is 0 Å². The molecule has 2 atom stereocenters. The predicted molar refractivity (Wildman–Crippen MR) is 85.5 cm³/mol. The van der Waals surface area contributed by atoms with Crippen molar-refractivity contribution in [2.75, 3.05) is 5.73 Å². The molecule has 2 N–H and O–H groups in total. The molecule has 0 aromatic carbocycles. The summed E-state index contributed by atoms with van der Waals surface area (Å²) in [7, 11) is 23.6. The number of nitrogens with two attached hydrogens (primary N) is 1. The summed E-state index contributed by atoms with van der Waals surface area (Å²) >= 11 is 0. The maximum Gasteiger partial charge on any atom is 0.312 e. The molecule has 3 rings (SSSR count). The maximum absolute atomic E-state index is 13.5. The van der Waals surface area contributed by atoms with E-state index in [4.69, 9.17) is 48.3 Å². The van der Waals surface area contributed by atoms with Crippen molar-refractivity contribution in [2.45, 2.75) is 29.2 Å². The molecule has 1 fully saturated rings. The largest absolute Gasteiger partial charge is 0.382 e. The number of aromatic nitrogens is 4. The minimum Gasteiger partial charge on any atom is -0.382 e. The second kappa shape index (κ2) is 5.03. The van der Waals surface area contributed by atoms with Crippen molar-refractivity contribution < 1.29 is 9.13 Å². The van der Waals surface area contributed by atoms with Crippen LogP contribution in [0.15, 0.2) is 6.33 Å². The number of hydrogen-bond acceptors (Lipinski definition) is 5. The average Bonchev–Trinajstić information content (AvgIpc) is 2.97. The minimum absolute atomic E-state index is 0.0123. The van der Waals surface area contributed by atoms with Crippen LogP contribution in [0, 0.1) is 18.4 Å². The third-order valence-electron chi connectivity index (χ3n) is 3.81. The Morgan fingerprint density at radius 1 is 1.48 bits per heavy atom. The minimum atomic E-state index is -1.44. The summed E-state index contributed by atoms with van der Waals surface area (Å²) in [5, 5.41) is -1.44. The molecule has 8 radical (unpaired) electrons. The quantitative estimate of drug-likeness (QED) is 0.454. The van der Waals surface area contributed by atoms with Crippen molar-refractivity contribution in [3.8, 4) is 12.3 Å². The van der Waals surface area contributed by atoms with Gasteiger partial charge in [0.1, 0.15) is 11.8 Å². The molecule has 6 nitrogen and oxygen atoms in total. The number of anilines is 1. The number of nitrogen functional groups attached to an aromatic ring is 1. The Morgan fingerprint density at radius 3 is 2.74 bits per heavy atom. The fourth-order valence-corrected chi connectivity index (χ4v) is 2.67. The monoisotopic (exact) mass is 301 g/mol. The van der Waals surface area contributed by atoms with E-state index in [0.717, 1.165) is 0 Å². The number of imidazole rings is 1. The number of ether oxygens (including phenoxy) is 1. The van der Waals surface area contributed by atoms with Gasteiger partial charge in [-0.15, -0.1) is 6.42 Å². The van der Waals surface area contributed by atoms with E-state index in [1.54, 1.807) is 0 Å². The highest BCUT2D eigenvalue weighted by Crippen LogP contribution is 2.54. The summed E-state index contributed by atoms with van der Waals surface area (Å²) < 4.78 is 20.6. The van der Waals surface area contributed by atoms with Gasteiger partial charge in [-0.3, -0.25) is 4.57 Å². The third-order valence-corrected chi connectivity index (χ3v) is 3.81. The summed E-state index contributed by atoms with van der Waals surface area (Å²) in [5.74, 6) is 2.28. The van der Waals surface area contributed by atoms with Gasteiger partial charge in [-0.05, 0) is 6.42 Å². The fraction of sp³-hybridized carbons (Fsp3) is 0.417. The standard InChI is InChI=1S/C12H8B4FN5O/c1-2-11(8(13)14)3-12(15,16)9(23-11)22-4-19-5-6(18)20-10(17)21-7(5)22/h1,4,8-9H,3H2,(H2,18,20,21). The van der Waals surface area contributed by atoms with Gasteiger partial charge in [0.25, 0.3) is 0 Å². The number of fused-ring (bicyclic) bond motifs is 1. The van der Waals surface area contributed by atoms with E-state index in [0.29, 0.717) is 0 Å². The summed E-state index contributed by atoms with van der Waals surface area (Å²) in [6.07, 6.45) is 4.75. The second-order valence-electron chi connectivity index (χ2n) is 5.52. The van der Waals surface area contributed by atoms with Gasteiger partial charge in [-0.1, -0.05) is 16.9 Å². The molecule has 0 saturated carbocycles. The van der Waals surface area contributed by atoms with Crippen LogP contribution >= 0.6 is 0 Å². The van der Waals surface area contributed by atoms with Gasteiger partial charge in [0.05, 0.1) is 37.7 Å². The van der Waals surface area contributed by atoms with Gasteiger partial charge in [0.15, 0.2) is 17.0 Å². The average molecular weight is 300 g/mol. The van der Waals surface area contributed by atoms with Crippen LogP contribution < -0.4 is 5.73 Å². The molecular formula is C12H8B4FN5O. The van der Waals surface area contributed by atoms with E-state index >= 15 is 0 Å². The van der Waals surface area contributed by atoms with Crippen LogP contribution in [0.25, 0.3) is 11.2 Å². The van der Waals surface area contributed by atoms with Gasteiger partial charge in [-0.2, -0.15) is 14.4 Å². The van der Waals surface area contributed by atoms with Crippen molar-refractivity contribution in [3.63, 3.8) is 0 Å². The zero-order valence-corrected chi connectivity index (χ0v) is 12.0. The zero-order valence-electron chi connectivity index (χ0n) is 12.0. The van der Waals surface area contributed by atoms with Crippen LogP contribution in [0.3, 0.4) is 0 Å². The van der Waals surface area contributed by atoms with Gasteiger partial charge >= 0.3 is 6.08 Å². The first-order valence-corrected chi connectivity index (χ1v) is 6.60. The van der Waals surface area contributed by atoms with Crippen LogP contribution in [-0.4, -0.2) is 56.5 Å². The van der Waals surface area contributed by atoms with Crippen LogP contribution in [0.1, 0.15) is 12.6 Å². The van der Waals surface area contributed by atoms with Gasteiger partial charge in [-0.25, -0.2) is 4.98 Å². The predicted octanol–water partition coefficient (Wildman–Crippen LogP) is -0.625. The molecule has 1 aliphatic rings. The lowest BCUT2D eigenvalue weighted by molar-refractivity contribution is -0.0318. The van der Waals surface area contributed by atoms with Crippen LogP contribution in [0.4, 0.5) is 10.2 Å². The molecule has 23 heavy (non-hydrogen) atoms. The first-order valence-electron chi connectivity index (χ1n) is 6.60. The summed E-state index contributed by atoms with van der Waals surface area (Å²) in [4.78, 5) is 11.1. The van der Waals surface area contributed by atoms with Crippen LogP contribution in [-0.2, 0) is 4.74 Å². The molecule has 1 saturated heterocycles. The molecule has 2 aromatic rings. The van der Waals surface area contributed by atoms with Crippen molar-refractivity contribution >= 4 is 48.4 Å². The molecule has 2 aromatic heterocycles. The number of terminal acetylenes is 1. The molecular weight excluding hydrogens is 292 g/mol. The number of halogens is 1. The maximum atomic E-state index is 13.5. The van der Waals surface area contributed by atoms with Crippen molar-refractivity contribution in [3.05, 3.63) is 12.4 Å². The van der Waals surface area contributed by atoms with Crippen LogP contribution in [0.5, 0.6) is 0 Å². The molecule has 3 heterocycles. The Hall–Kier alpha value is -1.94. The van der Waals surface area contributed by atoms with Crippen LogP contribution in [0.2, 0.25) is 10.9 Å². The molecule has 0 aliphatic carbocycles. The first-order chi connectivity index (χ1) is 10.7. The fourth-order valence-electron chi connectivity index (χ4n) is 2.67. The topological polar surface area (TPSA) is 78.9 Å². The number of hydrogen-bond donors (Lipinski definition) is 1. The molecule has 0 bridgehead atoms. The Labute approximate surface area is 137 Å². The van der Waals surface area contributed by atoms with Crippen molar-refractivity contribution in [1.82, 2.24) is 19.5 Å². The lowest BCUT2D eigenvalue weighted by atomic mass is 9.48. The highest BCUT2D eigenvalue weighted by molar-refractivity contribution is 6.41. The van der Waals surface area contributed by atoms with Gasteiger partial charge in [0, 0.05) is 0 Å². The highest BCUT2D eigenvalue weighted by Gasteiger charge is 2.51. The lowest BCUT2D eigenvalue weighted by Crippen LogP contribution is -2.33. The summed E-state index contributed by atoms with van der Waals surface area (Å²) in [6.45, 7) is 0. The smallest absolute Gasteiger partial charge is 0.312 e. The van der Waals surface area contributed by atoms with Crippen molar-refractivity contribution in [2.24, 2.45) is 0 Å². The van der Waals surface area contributed by atoms with E-state index in [2.05, 4.69) is 20.9 Å². The van der Waals surface area contributed by atoms with E-state index in [9.17, 15) is 4.39 Å². The Balaban J connectivity index is 2.14. The third kappa shape index (κ3) is 2.32. The van der Waals surface area contributed by atoms with E-state index in [1.807, 2.05) is 0 Å². The van der Waals surface area contributed by atoms with E-state index in [1.165, 1.54) is 10.9 Å². The lowest BCUT2D eigenvalue weighted by Gasteiger charge is -2.29. The molecule has 1 aliphatic heterocycles. The molecule has 106 valence electrons. The normalized spacial score (nSPS) is 26.6. The first kappa shape index (κ1) is 15.9. The van der Waals surface area contributed by atoms with Gasteiger partial charge in [0.2, 0.25) is 0 Å². The second-order valence-corrected chi connectivity index (χ2v) is 5.52. The molecule has 11 heteroatoms. The number of rotatable bonds is 2. The number of nitrogens with zero attached hydrogens (tertiary/aromatic N) is 4. The molecule has 2 unspecified atom stereocenters. The van der Waals surface area contributed by atoms with E-state index in [-0.39, 0.29) is 23.4 Å². The SMILES string of the molecule is [B]C([B])C1(C#C)CC([B])([B])C(n2cnc3c(N)nc(F)nc32)O1. The zero-order chi connectivity index (χ0) is 17.0. The van der Waals surface area contributed by atoms with E-state index < -0.39 is 28.8 Å². The summed E-state index contributed by atoms with van der Waals surface area (Å²) in [5.41, 5.74) is 3.48. The molecule has 0 amide bonds. The Morgan fingerprint density at radius 2 is 2.17 bits per heavy atom. The molecule has 0 spiro atoms. The summed E-state index contributed by atoms with van der Waals surface area (Å²) in [6, 6.07) is 0.